The molecule has 18 heavy (non-hydrogen) atoms. The molecule has 1 atom stereocenters. The van der Waals surface area contributed by atoms with Crippen LogP contribution in [0.3, 0.4) is 0 Å². The van der Waals surface area contributed by atoms with Crippen molar-refractivity contribution in [1.29, 1.82) is 0 Å². The summed E-state index contributed by atoms with van der Waals surface area (Å²) in [7, 11) is -3.15. The van der Waals surface area contributed by atoms with Crippen molar-refractivity contribution < 1.29 is 13.2 Å². The van der Waals surface area contributed by atoms with Crippen molar-refractivity contribution in [2.75, 3.05) is 32.1 Å². The van der Waals surface area contributed by atoms with Gasteiger partial charge in [-0.15, -0.1) is 0 Å². The fraction of sp³-hybridized carbons (Fsp3) is 1.00. The van der Waals surface area contributed by atoms with Crippen LogP contribution in [0, 0.1) is 0 Å². The molecule has 1 N–H and O–H groups in total. The SMILES string of the molecule is CCOCCS(=O)(=O)N(CC1CCCN1)C1CC1. The van der Waals surface area contributed by atoms with Gasteiger partial charge in [-0.3, -0.25) is 0 Å². The molecule has 0 bridgehead atoms. The van der Waals surface area contributed by atoms with Gasteiger partial charge in [0.15, 0.2) is 0 Å². The van der Waals surface area contributed by atoms with E-state index in [1.54, 1.807) is 4.31 Å². The Morgan fingerprint density at radius 2 is 2.11 bits per heavy atom. The number of hydrogen-bond donors (Lipinski definition) is 1. The Balaban J connectivity index is 1.90. The third kappa shape index (κ3) is 3.91. The lowest BCUT2D eigenvalue weighted by Crippen LogP contribution is -2.43. The summed E-state index contributed by atoms with van der Waals surface area (Å²) in [6, 6.07) is 0.589. The van der Waals surface area contributed by atoms with E-state index < -0.39 is 10.0 Å². The number of rotatable bonds is 8. The molecule has 0 aromatic heterocycles. The average Bonchev–Trinajstić information content (AvgIpc) is 3.03. The van der Waals surface area contributed by atoms with Gasteiger partial charge in [-0.1, -0.05) is 0 Å². The molecule has 106 valence electrons. The molecule has 2 rings (SSSR count). The first-order valence-corrected chi connectivity index (χ1v) is 8.55. The summed E-state index contributed by atoms with van der Waals surface area (Å²) in [6.45, 7) is 4.41. The van der Waals surface area contributed by atoms with Gasteiger partial charge in [-0.05, 0) is 39.2 Å². The maximum atomic E-state index is 12.3. The van der Waals surface area contributed by atoms with Gasteiger partial charge in [0.2, 0.25) is 10.0 Å². The summed E-state index contributed by atoms with van der Waals surface area (Å²) in [5.41, 5.74) is 0. The van der Waals surface area contributed by atoms with Crippen molar-refractivity contribution in [3.05, 3.63) is 0 Å². The van der Waals surface area contributed by atoms with E-state index in [1.165, 1.54) is 0 Å². The number of hydrogen-bond acceptors (Lipinski definition) is 4. The molecule has 0 aromatic rings. The van der Waals surface area contributed by atoms with Crippen molar-refractivity contribution in [2.45, 2.75) is 44.7 Å². The maximum Gasteiger partial charge on any atom is 0.216 e. The highest BCUT2D eigenvalue weighted by Crippen LogP contribution is 2.30. The summed E-state index contributed by atoms with van der Waals surface area (Å²) in [4.78, 5) is 0. The Hall–Kier alpha value is -0.170. The molecule has 6 heteroatoms. The van der Waals surface area contributed by atoms with E-state index in [2.05, 4.69) is 5.32 Å². The lowest BCUT2D eigenvalue weighted by molar-refractivity contribution is 0.162. The highest BCUT2D eigenvalue weighted by molar-refractivity contribution is 7.89. The molecule has 0 spiro atoms. The lowest BCUT2D eigenvalue weighted by Gasteiger charge is -2.25. The van der Waals surface area contributed by atoms with Gasteiger partial charge in [-0.25, -0.2) is 8.42 Å². The summed E-state index contributed by atoms with van der Waals surface area (Å²) >= 11 is 0. The first-order chi connectivity index (χ1) is 8.63. The van der Waals surface area contributed by atoms with E-state index in [-0.39, 0.29) is 11.8 Å². The average molecular weight is 276 g/mol. The van der Waals surface area contributed by atoms with Crippen molar-refractivity contribution in [3.63, 3.8) is 0 Å². The van der Waals surface area contributed by atoms with Gasteiger partial charge in [0.1, 0.15) is 0 Å². The Morgan fingerprint density at radius 3 is 2.67 bits per heavy atom. The van der Waals surface area contributed by atoms with E-state index in [1.807, 2.05) is 6.92 Å². The summed E-state index contributed by atoms with van der Waals surface area (Å²) in [5, 5.41) is 3.37. The van der Waals surface area contributed by atoms with Crippen LogP contribution < -0.4 is 5.32 Å². The largest absolute Gasteiger partial charge is 0.381 e. The molecule has 1 saturated carbocycles. The van der Waals surface area contributed by atoms with Crippen LogP contribution in [0.15, 0.2) is 0 Å². The molecule has 1 heterocycles. The quantitative estimate of drug-likeness (QED) is 0.659. The topological polar surface area (TPSA) is 58.6 Å². The molecule has 2 aliphatic rings. The van der Waals surface area contributed by atoms with E-state index in [4.69, 9.17) is 4.74 Å². The Labute approximate surface area is 110 Å². The van der Waals surface area contributed by atoms with Gasteiger partial charge < -0.3 is 10.1 Å². The molecule has 0 amide bonds. The van der Waals surface area contributed by atoms with Gasteiger partial charge in [0.25, 0.3) is 0 Å². The minimum Gasteiger partial charge on any atom is -0.381 e. The lowest BCUT2D eigenvalue weighted by atomic mass is 10.2. The zero-order valence-electron chi connectivity index (χ0n) is 11.1. The molecule has 0 radical (unpaired) electrons. The van der Waals surface area contributed by atoms with Gasteiger partial charge in [-0.2, -0.15) is 4.31 Å². The van der Waals surface area contributed by atoms with E-state index >= 15 is 0 Å². The van der Waals surface area contributed by atoms with Crippen LogP contribution in [-0.4, -0.2) is 56.9 Å². The fourth-order valence-electron chi connectivity index (χ4n) is 2.41. The minimum atomic E-state index is -3.15. The Bertz CT molecular complexity index is 348. The molecule has 1 aliphatic heterocycles. The van der Waals surface area contributed by atoms with Crippen LogP contribution in [0.2, 0.25) is 0 Å². The van der Waals surface area contributed by atoms with Crippen LogP contribution in [0.4, 0.5) is 0 Å². The highest BCUT2D eigenvalue weighted by Gasteiger charge is 2.38. The molecule has 5 nitrogen and oxygen atoms in total. The number of ether oxygens (including phenoxy) is 1. The molecule has 2 fully saturated rings. The van der Waals surface area contributed by atoms with Crippen molar-refractivity contribution in [1.82, 2.24) is 9.62 Å². The molecular formula is C12H24N2O3S. The Morgan fingerprint density at radius 1 is 1.33 bits per heavy atom. The second kappa shape index (κ2) is 6.32. The van der Waals surface area contributed by atoms with Crippen molar-refractivity contribution >= 4 is 10.0 Å². The first-order valence-electron chi connectivity index (χ1n) is 6.94. The molecule has 1 saturated heterocycles. The van der Waals surface area contributed by atoms with Crippen LogP contribution in [-0.2, 0) is 14.8 Å². The van der Waals surface area contributed by atoms with E-state index in [0.29, 0.717) is 25.8 Å². The summed E-state index contributed by atoms with van der Waals surface area (Å²) in [6.07, 6.45) is 4.27. The monoisotopic (exact) mass is 276 g/mol. The third-order valence-electron chi connectivity index (χ3n) is 3.56. The standard InChI is InChI=1S/C12H24N2O3S/c1-2-17-8-9-18(15,16)14(12-5-6-12)10-11-4-3-7-13-11/h11-13H,2-10H2,1H3. The van der Waals surface area contributed by atoms with Gasteiger partial charge in [0, 0.05) is 25.2 Å². The van der Waals surface area contributed by atoms with Crippen molar-refractivity contribution in [2.24, 2.45) is 0 Å². The fourth-order valence-corrected chi connectivity index (χ4v) is 4.04. The maximum absolute atomic E-state index is 12.3. The predicted octanol–water partition coefficient (Wildman–Crippen LogP) is 0.569. The number of nitrogens with one attached hydrogen (secondary N) is 1. The number of nitrogens with zero attached hydrogens (tertiary/aromatic N) is 1. The molecule has 1 unspecified atom stereocenters. The summed E-state index contributed by atoms with van der Waals surface area (Å²) in [5.74, 6) is 0.115. The predicted molar refractivity (Wildman–Crippen MR) is 71.0 cm³/mol. The van der Waals surface area contributed by atoms with Crippen LogP contribution in [0.1, 0.15) is 32.6 Å². The van der Waals surface area contributed by atoms with E-state index in [9.17, 15) is 8.42 Å². The van der Waals surface area contributed by atoms with E-state index in [0.717, 1.165) is 32.2 Å². The summed E-state index contributed by atoms with van der Waals surface area (Å²) < 4.78 is 31.5. The molecular weight excluding hydrogens is 252 g/mol. The van der Waals surface area contributed by atoms with Gasteiger partial charge >= 0.3 is 0 Å². The van der Waals surface area contributed by atoms with Crippen LogP contribution in [0.5, 0.6) is 0 Å². The van der Waals surface area contributed by atoms with Crippen molar-refractivity contribution in [3.8, 4) is 0 Å². The minimum absolute atomic E-state index is 0.115. The zero-order valence-corrected chi connectivity index (χ0v) is 11.9. The first kappa shape index (κ1) is 14.2. The smallest absolute Gasteiger partial charge is 0.216 e. The molecule has 1 aliphatic carbocycles. The van der Waals surface area contributed by atoms with Gasteiger partial charge in [0.05, 0.1) is 12.4 Å². The zero-order chi connectivity index (χ0) is 13.0. The highest BCUT2D eigenvalue weighted by atomic mass is 32.2. The normalized spacial score (nSPS) is 24.9. The second-order valence-electron chi connectivity index (χ2n) is 5.11. The second-order valence-corrected chi connectivity index (χ2v) is 7.15. The third-order valence-corrected chi connectivity index (χ3v) is 5.41. The van der Waals surface area contributed by atoms with Crippen LogP contribution >= 0.6 is 0 Å². The molecule has 0 aromatic carbocycles. The van der Waals surface area contributed by atoms with Crippen LogP contribution in [0.25, 0.3) is 0 Å². The Kier molecular flexibility index (Phi) is 5.00. The number of sulfonamides is 1.